The van der Waals surface area contributed by atoms with Crippen LogP contribution in [0.15, 0.2) is 6.07 Å². The maximum atomic E-state index is 2.62. The predicted octanol–water partition coefficient (Wildman–Crippen LogP) is 3.00. The van der Waals surface area contributed by atoms with Crippen molar-refractivity contribution in [3.05, 3.63) is 21.4 Å². The molecule has 4 heterocycles. The third-order valence-corrected chi connectivity index (χ3v) is 5.08. The van der Waals surface area contributed by atoms with E-state index in [1.807, 2.05) is 0 Å². The highest BCUT2D eigenvalue weighted by Crippen LogP contribution is 2.40. The molecule has 0 aromatic carbocycles. The van der Waals surface area contributed by atoms with Crippen molar-refractivity contribution in [3.8, 4) is 0 Å². The van der Waals surface area contributed by atoms with Gasteiger partial charge in [-0.1, -0.05) is 6.92 Å². The van der Waals surface area contributed by atoms with Crippen molar-refractivity contribution >= 4 is 11.3 Å². The number of hydrogen-bond donors (Lipinski definition) is 0. The van der Waals surface area contributed by atoms with Gasteiger partial charge in [0.1, 0.15) is 0 Å². The standard InChI is InChI=1S/C12H17NS/c1-2-11-7-10-8-13-5-3-9(4-6-13)12(10)14-11/h7,9H,2-6,8H2,1H3. The van der Waals surface area contributed by atoms with Crippen LogP contribution in [-0.4, -0.2) is 18.0 Å². The van der Waals surface area contributed by atoms with Gasteiger partial charge in [-0.25, -0.2) is 0 Å². The molecule has 14 heavy (non-hydrogen) atoms. The summed E-state index contributed by atoms with van der Waals surface area (Å²) in [5, 5.41) is 0. The molecule has 76 valence electrons. The summed E-state index contributed by atoms with van der Waals surface area (Å²) in [5.74, 6) is 0.897. The highest BCUT2D eigenvalue weighted by Gasteiger charge is 2.29. The molecular formula is C12H17NS. The molecule has 3 aliphatic rings. The molecule has 0 amide bonds. The quantitative estimate of drug-likeness (QED) is 0.684. The van der Waals surface area contributed by atoms with E-state index in [1.54, 1.807) is 15.3 Å². The molecule has 0 saturated carbocycles. The Morgan fingerprint density at radius 2 is 2.21 bits per heavy atom. The van der Waals surface area contributed by atoms with Crippen molar-refractivity contribution < 1.29 is 0 Å². The monoisotopic (exact) mass is 207 g/mol. The predicted molar refractivity (Wildman–Crippen MR) is 60.9 cm³/mol. The molecule has 0 radical (unpaired) electrons. The molecule has 0 aliphatic carbocycles. The molecule has 0 unspecified atom stereocenters. The summed E-state index contributed by atoms with van der Waals surface area (Å²) in [7, 11) is 0. The molecule has 1 aromatic heterocycles. The maximum absolute atomic E-state index is 2.62. The van der Waals surface area contributed by atoms with E-state index in [-0.39, 0.29) is 0 Å². The second kappa shape index (κ2) is 3.35. The summed E-state index contributed by atoms with van der Waals surface area (Å²) in [6, 6.07) is 2.46. The van der Waals surface area contributed by atoms with Gasteiger partial charge >= 0.3 is 0 Å². The van der Waals surface area contributed by atoms with Crippen LogP contribution in [0.25, 0.3) is 0 Å². The molecule has 1 fully saturated rings. The van der Waals surface area contributed by atoms with Crippen molar-refractivity contribution in [1.82, 2.24) is 4.90 Å². The van der Waals surface area contributed by atoms with Crippen LogP contribution in [0.2, 0.25) is 0 Å². The zero-order chi connectivity index (χ0) is 9.54. The highest BCUT2D eigenvalue weighted by atomic mass is 32.1. The molecular weight excluding hydrogens is 190 g/mol. The molecule has 0 N–H and O–H groups in total. The zero-order valence-electron chi connectivity index (χ0n) is 8.75. The first kappa shape index (κ1) is 8.93. The second-order valence-corrected chi connectivity index (χ2v) is 5.67. The number of nitrogens with zero attached hydrogens (tertiary/aromatic N) is 1. The summed E-state index contributed by atoms with van der Waals surface area (Å²) < 4.78 is 0. The second-order valence-electron chi connectivity index (χ2n) is 4.51. The van der Waals surface area contributed by atoms with Crippen LogP contribution in [-0.2, 0) is 13.0 Å². The Labute approximate surface area is 89.7 Å². The minimum atomic E-state index is 0.897. The van der Waals surface area contributed by atoms with Crippen molar-refractivity contribution in [2.45, 2.75) is 38.6 Å². The topological polar surface area (TPSA) is 3.24 Å². The van der Waals surface area contributed by atoms with Crippen LogP contribution >= 0.6 is 11.3 Å². The Hall–Kier alpha value is -0.340. The molecule has 1 saturated heterocycles. The first-order chi connectivity index (χ1) is 6.86. The van der Waals surface area contributed by atoms with Crippen LogP contribution in [0.4, 0.5) is 0 Å². The average Bonchev–Trinajstić information content (AvgIpc) is 2.49. The van der Waals surface area contributed by atoms with E-state index in [2.05, 4.69) is 29.2 Å². The van der Waals surface area contributed by atoms with Gasteiger partial charge in [0.05, 0.1) is 0 Å². The molecule has 2 heteroatoms. The first-order valence-corrected chi connectivity index (χ1v) is 6.52. The minimum absolute atomic E-state index is 0.897. The Morgan fingerprint density at radius 1 is 1.43 bits per heavy atom. The number of piperidine rings is 1. The smallest absolute Gasteiger partial charge is 0.0244 e. The molecule has 0 atom stereocenters. The molecule has 4 rings (SSSR count). The van der Waals surface area contributed by atoms with Crippen LogP contribution in [0, 0.1) is 0 Å². The fourth-order valence-electron chi connectivity index (χ4n) is 2.74. The van der Waals surface area contributed by atoms with Gasteiger partial charge in [0.25, 0.3) is 0 Å². The third-order valence-electron chi connectivity index (χ3n) is 3.59. The van der Waals surface area contributed by atoms with E-state index in [9.17, 15) is 0 Å². The van der Waals surface area contributed by atoms with Crippen LogP contribution in [0.1, 0.15) is 41.0 Å². The van der Waals surface area contributed by atoms with Crippen LogP contribution in [0.5, 0.6) is 0 Å². The lowest BCUT2D eigenvalue weighted by molar-refractivity contribution is 0.221. The Morgan fingerprint density at radius 3 is 2.93 bits per heavy atom. The van der Waals surface area contributed by atoms with Gasteiger partial charge in [-0.3, -0.25) is 4.90 Å². The Balaban J connectivity index is 2.03. The van der Waals surface area contributed by atoms with Gasteiger partial charge < -0.3 is 0 Å². The molecule has 2 bridgehead atoms. The normalized spacial score (nSPS) is 30.1. The lowest BCUT2D eigenvalue weighted by Gasteiger charge is -2.26. The fraction of sp³-hybridized carbons (Fsp3) is 0.667. The summed E-state index contributed by atoms with van der Waals surface area (Å²) >= 11 is 2.08. The SMILES string of the molecule is CCc1cc2c(s1)C1CCN(CC1)C2. The summed E-state index contributed by atoms with van der Waals surface area (Å²) in [4.78, 5) is 5.93. The zero-order valence-corrected chi connectivity index (χ0v) is 9.57. The summed E-state index contributed by atoms with van der Waals surface area (Å²) in [5.41, 5.74) is 1.65. The minimum Gasteiger partial charge on any atom is -0.299 e. The molecule has 1 nitrogen and oxygen atoms in total. The van der Waals surface area contributed by atoms with E-state index in [0.717, 1.165) is 5.92 Å². The number of aryl methyl sites for hydroxylation is 1. The summed E-state index contributed by atoms with van der Waals surface area (Å²) in [6.45, 7) is 6.15. The van der Waals surface area contributed by atoms with Crippen LogP contribution in [0.3, 0.4) is 0 Å². The average molecular weight is 207 g/mol. The fourth-order valence-corrected chi connectivity index (χ4v) is 4.02. The van der Waals surface area contributed by atoms with E-state index in [1.165, 1.54) is 38.9 Å². The van der Waals surface area contributed by atoms with Gasteiger partial charge in [0.15, 0.2) is 0 Å². The lowest BCUT2D eigenvalue weighted by atomic mass is 9.96. The van der Waals surface area contributed by atoms with Gasteiger partial charge in [-0.2, -0.15) is 0 Å². The highest BCUT2D eigenvalue weighted by molar-refractivity contribution is 7.12. The maximum Gasteiger partial charge on any atom is 0.0244 e. The van der Waals surface area contributed by atoms with Crippen molar-refractivity contribution in [3.63, 3.8) is 0 Å². The van der Waals surface area contributed by atoms with Crippen molar-refractivity contribution in [2.24, 2.45) is 0 Å². The number of rotatable bonds is 1. The van der Waals surface area contributed by atoms with E-state index in [4.69, 9.17) is 0 Å². The molecule has 1 aromatic rings. The first-order valence-electron chi connectivity index (χ1n) is 5.70. The van der Waals surface area contributed by atoms with Gasteiger partial charge in [0, 0.05) is 16.3 Å². The van der Waals surface area contributed by atoms with E-state index in [0.29, 0.717) is 0 Å². The lowest BCUT2D eigenvalue weighted by Crippen LogP contribution is -2.28. The molecule has 0 spiro atoms. The van der Waals surface area contributed by atoms with E-state index < -0.39 is 0 Å². The number of fused-ring (bicyclic) bond motifs is 2. The van der Waals surface area contributed by atoms with Crippen molar-refractivity contribution in [2.75, 3.05) is 13.1 Å². The van der Waals surface area contributed by atoms with Crippen molar-refractivity contribution in [1.29, 1.82) is 0 Å². The van der Waals surface area contributed by atoms with Gasteiger partial charge in [0.2, 0.25) is 0 Å². The third kappa shape index (κ3) is 1.32. The molecule has 3 aliphatic heterocycles. The number of thiophene rings is 1. The summed E-state index contributed by atoms with van der Waals surface area (Å²) in [6.07, 6.45) is 4.01. The Kier molecular flexibility index (Phi) is 2.14. The largest absolute Gasteiger partial charge is 0.299 e. The Bertz CT molecular complexity index is 334. The van der Waals surface area contributed by atoms with Crippen LogP contribution < -0.4 is 0 Å². The number of hydrogen-bond acceptors (Lipinski definition) is 2. The van der Waals surface area contributed by atoms with Gasteiger partial charge in [-0.05, 0) is 49.9 Å². The van der Waals surface area contributed by atoms with E-state index >= 15 is 0 Å². The van der Waals surface area contributed by atoms with Gasteiger partial charge in [-0.15, -0.1) is 11.3 Å².